The Kier molecular flexibility index (Phi) is 9.55. The van der Waals surface area contributed by atoms with E-state index < -0.39 is 23.7 Å². The third kappa shape index (κ3) is 7.32. The molecule has 15 nitrogen and oxygen atoms in total. The van der Waals surface area contributed by atoms with Crippen LogP contribution in [0.5, 0.6) is 17.2 Å². The van der Waals surface area contributed by atoms with Gasteiger partial charge in [-0.25, -0.2) is 34.5 Å². The minimum absolute atomic E-state index is 0.109. The number of nitrogens with zero attached hydrogens (tertiary/aromatic N) is 6. The lowest BCUT2D eigenvalue weighted by Gasteiger charge is -2.28. The molecule has 21 heteroatoms. The molecule has 6 aromatic rings. The molecule has 2 atom stereocenters. The summed E-state index contributed by atoms with van der Waals surface area (Å²) in [5.74, 6) is 0.394. The van der Waals surface area contributed by atoms with Crippen LogP contribution in [0.4, 0.5) is 0 Å². The summed E-state index contributed by atoms with van der Waals surface area (Å²) in [6, 6.07) is 14.3. The van der Waals surface area contributed by atoms with Crippen LogP contribution in [0.3, 0.4) is 0 Å². The summed E-state index contributed by atoms with van der Waals surface area (Å²) in [7, 11) is 0. The van der Waals surface area contributed by atoms with E-state index in [1.807, 2.05) is 0 Å². The highest BCUT2D eigenvalue weighted by Crippen LogP contribution is 2.40. The molecule has 10 rings (SSSR count). The van der Waals surface area contributed by atoms with Gasteiger partial charge in [0.25, 0.3) is 5.91 Å². The maximum atomic E-state index is 11.3. The van der Waals surface area contributed by atoms with Crippen molar-refractivity contribution in [1.82, 2.24) is 15.0 Å². The summed E-state index contributed by atoms with van der Waals surface area (Å²) in [6.45, 7) is 0. The maximum Gasteiger partial charge on any atom is 0.401 e. The van der Waals surface area contributed by atoms with E-state index in [-0.39, 0.29) is 23.2 Å². The van der Waals surface area contributed by atoms with E-state index in [0.717, 1.165) is 35.7 Å². The first-order valence-electron chi connectivity index (χ1n) is 15.1. The third-order valence-corrected chi connectivity index (χ3v) is 14.0. The van der Waals surface area contributed by atoms with Gasteiger partial charge >= 0.3 is 17.7 Å². The predicted octanol–water partition coefficient (Wildman–Crippen LogP) is 5.65. The van der Waals surface area contributed by atoms with E-state index in [9.17, 15) is 29.7 Å². The summed E-state index contributed by atoms with van der Waals surface area (Å²) >= 11 is 8.48. The Morgan fingerprint density at radius 1 is 0.717 bits per heavy atom. The number of carboxylic acids is 1. The zero-order valence-corrected chi connectivity index (χ0v) is 31.3. The Labute approximate surface area is 321 Å². The number of carbonyl (C=O) groups excluding carboxylic acids is 2. The molecular formula is C32H20N6O9S6. The highest BCUT2D eigenvalue weighted by Gasteiger charge is 2.57. The van der Waals surface area contributed by atoms with Gasteiger partial charge < -0.3 is 20.4 Å². The number of aliphatic carboxylic acids is 1. The van der Waals surface area contributed by atoms with Crippen molar-refractivity contribution in [3.8, 4) is 17.2 Å². The summed E-state index contributed by atoms with van der Waals surface area (Å²) < 4.78 is 2.64. The number of thiazole rings is 3. The highest BCUT2D eigenvalue weighted by atomic mass is 32.2. The van der Waals surface area contributed by atoms with Crippen LogP contribution in [-0.4, -0.2) is 97.4 Å². The molecule has 3 aromatic heterocycles. The fourth-order valence-electron chi connectivity index (χ4n) is 4.87. The lowest BCUT2D eigenvalue weighted by Crippen LogP contribution is -2.51. The van der Waals surface area contributed by atoms with Gasteiger partial charge in [-0.05, 0) is 54.6 Å². The second kappa shape index (κ2) is 14.3. The Morgan fingerprint density at radius 2 is 1.25 bits per heavy atom. The summed E-state index contributed by atoms with van der Waals surface area (Å²) in [5, 5.41) is 41.2. The number of hydrogen-bond donors (Lipinski definition) is 4. The smallest absolute Gasteiger partial charge is 0.401 e. The van der Waals surface area contributed by atoms with Gasteiger partial charge in [0.1, 0.15) is 47.4 Å². The van der Waals surface area contributed by atoms with E-state index in [0.29, 0.717) is 42.4 Å². The molecule has 1 saturated heterocycles. The van der Waals surface area contributed by atoms with Gasteiger partial charge in [-0.15, -0.1) is 50.7 Å². The van der Waals surface area contributed by atoms with Gasteiger partial charge in [-0.2, -0.15) is 0 Å². The quantitative estimate of drug-likeness (QED) is 0.158. The number of aromatic nitrogens is 3. The molecule has 4 aliphatic rings. The number of benzene rings is 3. The van der Waals surface area contributed by atoms with Crippen LogP contribution in [0.2, 0.25) is 0 Å². The van der Waals surface area contributed by atoms with Crippen LogP contribution in [0.25, 0.3) is 30.6 Å². The lowest BCUT2D eigenvalue weighted by atomic mass is 10.2. The fourth-order valence-corrected chi connectivity index (χ4v) is 10.9. The van der Waals surface area contributed by atoms with Crippen LogP contribution in [-0.2, 0) is 24.2 Å². The number of phenols is 3. The molecule has 7 heterocycles. The number of phenolic OH excluding ortho intramolecular Hbond substituents is 3. The van der Waals surface area contributed by atoms with Crippen LogP contribution >= 0.6 is 69.3 Å². The van der Waals surface area contributed by atoms with Crippen molar-refractivity contribution in [1.29, 1.82) is 0 Å². The number of hydrogen-bond acceptors (Lipinski definition) is 19. The van der Waals surface area contributed by atoms with E-state index in [1.165, 1.54) is 69.3 Å². The Balaban J connectivity index is 0.000000114. The second-order valence-corrected chi connectivity index (χ2v) is 17.2. The van der Waals surface area contributed by atoms with Crippen molar-refractivity contribution in [2.24, 2.45) is 15.0 Å². The van der Waals surface area contributed by atoms with Crippen LogP contribution in [0, 0.1) is 0 Å². The molecule has 0 bridgehead atoms. The first kappa shape index (κ1) is 35.4. The normalized spacial score (nSPS) is 20.4. The van der Waals surface area contributed by atoms with Crippen molar-refractivity contribution in [3.63, 3.8) is 0 Å². The van der Waals surface area contributed by atoms with E-state index in [2.05, 4.69) is 34.8 Å². The molecule has 0 radical (unpaired) electrons. The molecule has 1 fully saturated rings. The summed E-state index contributed by atoms with van der Waals surface area (Å²) in [5.41, 5.74) is 1.23. The lowest BCUT2D eigenvalue weighted by molar-refractivity contribution is -0.392. The largest absolute Gasteiger partial charge is 0.508 e. The average Bonchev–Trinajstić information content (AvgIpc) is 3.98. The van der Waals surface area contributed by atoms with Gasteiger partial charge in [0.15, 0.2) is 6.04 Å². The maximum absolute atomic E-state index is 11.3. The first-order valence-corrected chi connectivity index (χ1v) is 20.5. The molecule has 53 heavy (non-hydrogen) atoms. The number of carboxylic acid groups (broad SMARTS) is 1. The van der Waals surface area contributed by atoms with Crippen molar-refractivity contribution in [3.05, 3.63) is 69.6 Å². The Hall–Kier alpha value is -4.64. The molecule has 4 N–H and O–H groups in total. The number of aromatic hydroxyl groups is 3. The molecule has 268 valence electrons. The molecule has 0 aliphatic carbocycles. The van der Waals surface area contributed by atoms with Crippen LogP contribution in [0.15, 0.2) is 69.6 Å². The SMILES string of the molecule is O=C(O)C1CSC(c2nc3ccc(O)cc3s2)=N1.O=C1CSC(c2nc3ccc(O)cc3s2)=N1.O=C1OOC12CSC(c1nc3ccc(O)cc3s1)=N2. The van der Waals surface area contributed by atoms with E-state index in [1.54, 1.807) is 54.6 Å². The van der Waals surface area contributed by atoms with E-state index in [4.69, 9.17) is 9.99 Å². The van der Waals surface area contributed by atoms with Gasteiger partial charge in [0.05, 0.1) is 42.2 Å². The zero-order chi connectivity index (χ0) is 36.9. The number of carbonyl (C=O) groups is 3. The Bertz CT molecular complexity index is 2580. The summed E-state index contributed by atoms with van der Waals surface area (Å²) in [6.07, 6.45) is 0. The van der Waals surface area contributed by atoms with Crippen molar-refractivity contribution >= 4 is 133 Å². The monoisotopic (exact) mass is 824 g/mol. The second-order valence-electron chi connectivity index (χ2n) is 11.2. The number of rotatable bonds is 4. The number of thioether (sulfide) groups is 3. The molecule has 2 unspecified atom stereocenters. The minimum Gasteiger partial charge on any atom is -0.508 e. The zero-order valence-electron chi connectivity index (χ0n) is 26.4. The molecule has 4 aliphatic heterocycles. The highest BCUT2D eigenvalue weighted by molar-refractivity contribution is 8.16. The van der Waals surface area contributed by atoms with Gasteiger partial charge in [-0.3, -0.25) is 14.7 Å². The van der Waals surface area contributed by atoms with Crippen LogP contribution < -0.4 is 0 Å². The predicted molar refractivity (Wildman–Crippen MR) is 207 cm³/mol. The number of amides is 1. The average molecular weight is 825 g/mol. The standard InChI is InChI=1S/C11H6N2O4S2.C11H8N2O3S2.C10H6N2O2S2/c14-5-1-2-6-7(3-5)19-8(12-6)9-13-11(4-18-9)10(15)16-17-11;14-5-1-2-6-8(3-5)18-10(12-6)9-13-7(4-17-9)11(15)16;13-5-1-2-6-7(3-5)16-10(11-6)9-12-8(14)4-15-9/h1-3,14H,4H2;1-3,7,14H,4H2,(H,15,16);1-3,13H,4H2. The fraction of sp³-hybridized carbons (Fsp3) is 0.156. The van der Waals surface area contributed by atoms with Crippen molar-refractivity contribution in [2.75, 3.05) is 17.3 Å². The van der Waals surface area contributed by atoms with Crippen molar-refractivity contribution < 1.29 is 44.6 Å². The number of fused-ring (bicyclic) bond motifs is 3. The Morgan fingerprint density at radius 3 is 1.66 bits per heavy atom. The van der Waals surface area contributed by atoms with Crippen molar-refractivity contribution in [2.45, 2.75) is 11.8 Å². The molecule has 1 spiro atoms. The third-order valence-electron chi connectivity index (χ3n) is 7.42. The molecule has 0 saturated carbocycles. The first-order chi connectivity index (χ1) is 25.5. The molecule has 1 amide bonds. The number of aliphatic imine (C=N–C) groups is 3. The van der Waals surface area contributed by atoms with Crippen LogP contribution in [0.1, 0.15) is 15.0 Å². The molecule has 3 aromatic carbocycles. The topological polar surface area (TPSA) is 226 Å². The van der Waals surface area contributed by atoms with Gasteiger partial charge in [0.2, 0.25) is 0 Å². The van der Waals surface area contributed by atoms with Gasteiger partial charge in [-0.1, -0.05) is 23.5 Å². The van der Waals surface area contributed by atoms with E-state index >= 15 is 0 Å². The molecular weight excluding hydrogens is 805 g/mol. The summed E-state index contributed by atoms with van der Waals surface area (Å²) in [4.78, 5) is 67.8. The van der Waals surface area contributed by atoms with Gasteiger partial charge in [0, 0.05) is 5.75 Å². The minimum atomic E-state index is -1.17.